The minimum absolute atomic E-state index is 0.361. The number of guanidine groups is 1. The Labute approximate surface area is 167 Å². The second-order valence-electron chi connectivity index (χ2n) is 6.84. The van der Waals surface area contributed by atoms with E-state index >= 15 is 0 Å². The number of aliphatic imine (C=N–C) groups is 1. The topological polar surface area (TPSA) is 86.7 Å². The van der Waals surface area contributed by atoms with Crippen LogP contribution in [-0.2, 0) is 22.9 Å². The van der Waals surface area contributed by atoms with Gasteiger partial charge in [0.1, 0.15) is 5.82 Å². The van der Waals surface area contributed by atoms with Gasteiger partial charge in [-0.25, -0.2) is 18.4 Å². The maximum absolute atomic E-state index is 11.7. The van der Waals surface area contributed by atoms with E-state index in [1.807, 2.05) is 50.2 Å². The molecule has 1 heterocycles. The van der Waals surface area contributed by atoms with E-state index in [1.54, 1.807) is 19.2 Å². The predicted octanol–water partition coefficient (Wildman–Crippen LogP) is 2.11. The lowest BCUT2D eigenvalue weighted by atomic mass is 10.1. The molecule has 0 spiro atoms. The predicted molar refractivity (Wildman–Crippen MR) is 115 cm³/mol. The Kier molecular flexibility index (Phi) is 7.39. The van der Waals surface area contributed by atoms with Crippen LogP contribution in [0.4, 0.5) is 5.82 Å². The molecule has 0 bridgehead atoms. The number of benzene rings is 1. The molecular weight excluding hydrogens is 374 g/mol. The summed E-state index contributed by atoms with van der Waals surface area (Å²) in [6.07, 6.45) is 3.02. The van der Waals surface area contributed by atoms with Crippen LogP contribution in [0, 0.1) is 6.92 Å². The summed E-state index contributed by atoms with van der Waals surface area (Å²) in [5.41, 5.74) is 2.81. The number of pyridine rings is 1. The van der Waals surface area contributed by atoms with E-state index in [0.717, 1.165) is 29.1 Å². The molecule has 8 heteroatoms. The Morgan fingerprint density at radius 2 is 1.89 bits per heavy atom. The highest BCUT2D eigenvalue weighted by Gasteiger charge is 2.10. The van der Waals surface area contributed by atoms with E-state index in [4.69, 9.17) is 0 Å². The molecule has 2 rings (SSSR count). The molecule has 0 radical (unpaired) electrons. The van der Waals surface area contributed by atoms with Crippen LogP contribution in [0.2, 0.25) is 0 Å². The Morgan fingerprint density at radius 3 is 2.50 bits per heavy atom. The molecule has 0 amide bonds. The highest BCUT2D eigenvalue weighted by Crippen LogP contribution is 2.17. The van der Waals surface area contributed by atoms with Crippen molar-refractivity contribution >= 4 is 21.6 Å². The van der Waals surface area contributed by atoms with Gasteiger partial charge < -0.3 is 15.5 Å². The monoisotopic (exact) mass is 403 g/mol. The number of anilines is 1. The number of hydrogen-bond donors (Lipinski definition) is 2. The van der Waals surface area contributed by atoms with Crippen LogP contribution >= 0.6 is 0 Å². The summed E-state index contributed by atoms with van der Waals surface area (Å²) in [7, 11) is 0.713. The SMILES string of the molecule is CCNC(=NCc1ccc(S(C)(=O)=O)c(C)c1)NCc1ccnc(N(C)C)c1. The third-order valence-electron chi connectivity index (χ3n) is 4.13. The normalized spacial score (nSPS) is 12.0. The van der Waals surface area contributed by atoms with E-state index in [9.17, 15) is 8.42 Å². The number of hydrogen-bond acceptors (Lipinski definition) is 5. The quantitative estimate of drug-likeness (QED) is 0.544. The summed E-state index contributed by atoms with van der Waals surface area (Å²) in [5, 5.41) is 6.55. The maximum atomic E-state index is 11.7. The second kappa shape index (κ2) is 9.54. The Bertz CT molecular complexity index is 939. The molecule has 0 aliphatic rings. The van der Waals surface area contributed by atoms with Gasteiger partial charge in [-0.3, -0.25) is 0 Å². The van der Waals surface area contributed by atoms with Crippen LogP contribution in [0.1, 0.15) is 23.6 Å². The van der Waals surface area contributed by atoms with Crippen molar-refractivity contribution in [3.05, 3.63) is 53.2 Å². The fourth-order valence-electron chi connectivity index (χ4n) is 2.74. The van der Waals surface area contributed by atoms with Crippen LogP contribution < -0.4 is 15.5 Å². The van der Waals surface area contributed by atoms with Crippen molar-refractivity contribution in [2.24, 2.45) is 4.99 Å². The first-order valence-electron chi connectivity index (χ1n) is 9.14. The molecule has 152 valence electrons. The first-order valence-corrected chi connectivity index (χ1v) is 11.0. The zero-order valence-electron chi connectivity index (χ0n) is 17.2. The van der Waals surface area contributed by atoms with E-state index in [-0.39, 0.29) is 0 Å². The molecule has 0 unspecified atom stereocenters. The zero-order chi connectivity index (χ0) is 20.7. The molecule has 0 aliphatic carbocycles. The summed E-state index contributed by atoms with van der Waals surface area (Å²) in [5.74, 6) is 1.61. The molecule has 0 fully saturated rings. The molecular formula is C20H29N5O2S. The molecule has 2 N–H and O–H groups in total. The van der Waals surface area contributed by atoms with Crippen molar-refractivity contribution in [2.45, 2.75) is 31.8 Å². The molecule has 0 saturated heterocycles. The van der Waals surface area contributed by atoms with Gasteiger partial charge in [0, 0.05) is 39.6 Å². The average molecular weight is 404 g/mol. The van der Waals surface area contributed by atoms with Gasteiger partial charge in [-0.05, 0) is 48.7 Å². The van der Waals surface area contributed by atoms with Gasteiger partial charge in [0.15, 0.2) is 15.8 Å². The number of aryl methyl sites for hydroxylation is 1. The highest BCUT2D eigenvalue weighted by atomic mass is 32.2. The minimum Gasteiger partial charge on any atom is -0.363 e. The average Bonchev–Trinajstić information content (AvgIpc) is 2.63. The molecule has 0 atom stereocenters. The number of nitrogens with zero attached hydrogens (tertiary/aromatic N) is 3. The van der Waals surface area contributed by atoms with E-state index < -0.39 is 9.84 Å². The third kappa shape index (κ3) is 6.23. The molecule has 0 saturated carbocycles. The van der Waals surface area contributed by atoms with Crippen molar-refractivity contribution in [2.75, 3.05) is 31.8 Å². The lowest BCUT2D eigenvalue weighted by Crippen LogP contribution is -2.36. The molecule has 1 aromatic carbocycles. The Hall–Kier alpha value is -2.61. The Balaban J connectivity index is 2.08. The molecule has 2 aromatic rings. The zero-order valence-corrected chi connectivity index (χ0v) is 18.0. The van der Waals surface area contributed by atoms with Crippen molar-refractivity contribution in [1.82, 2.24) is 15.6 Å². The van der Waals surface area contributed by atoms with Crippen LogP contribution in [0.15, 0.2) is 46.4 Å². The number of sulfone groups is 1. The summed E-state index contributed by atoms with van der Waals surface area (Å²) in [6.45, 7) is 5.65. The fraction of sp³-hybridized carbons (Fsp3) is 0.400. The third-order valence-corrected chi connectivity index (χ3v) is 5.39. The van der Waals surface area contributed by atoms with Crippen molar-refractivity contribution in [3.63, 3.8) is 0 Å². The lowest BCUT2D eigenvalue weighted by Gasteiger charge is -2.14. The number of rotatable bonds is 7. The van der Waals surface area contributed by atoms with Gasteiger partial charge in [-0.1, -0.05) is 12.1 Å². The van der Waals surface area contributed by atoms with Gasteiger partial charge >= 0.3 is 0 Å². The van der Waals surface area contributed by atoms with Crippen molar-refractivity contribution in [1.29, 1.82) is 0 Å². The summed E-state index contributed by atoms with van der Waals surface area (Å²) < 4.78 is 23.5. The standard InChI is InChI=1S/C20H29N5O2S/c1-6-21-20(24-14-17-9-10-22-19(12-17)25(3)4)23-13-16-7-8-18(15(2)11-16)28(5,26)27/h7-12H,6,13-14H2,1-5H3,(H2,21,23,24). The van der Waals surface area contributed by atoms with Crippen molar-refractivity contribution < 1.29 is 8.42 Å². The number of nitrogens with one attached hydrogen (secondary N) is 2. The summed E-state index contributed by atoms with van der Waals surface area (Å²) in [4.78, 5) is 11.3. The van der Waals surface area contributed by atoms with Crippen LogP contribution in [-0.4, -0.2) is 46.3 Å². The van der Waals surface area contributed by atoms with Gasteiger partial charge in [0.05, 0.1) is 11.4 Å². The van der Waals surface area contributed by atoms with Gasteiger partial charge in [0.2, 0.25) is 0 Å². The van der Waals surface area contributed by atoms with E-state index in [0.29, 0.717) is 23.9 Å². The van der Waals surface area contributed by atoms with Gasteiger partial charge in [0.25, 0.3) is 0 Å². The first-order chi connectivity index (χ1) is 13.2. The maximum Gasteiger partial charge on any atom is 0.191 e. The number of aromatic nitrogens is 1. The molecule has 1 aromatic heterocycles. The van der Waals surface area contributed by atoms with Gasteiger partial charge in [-0.15, -0.1) is 0 Å². The summed E-state index contributed by atoms with van der Waals surface area (Å²) >= 11 is 0. The lowest BCUT2D eigenvalue weighted by molar-refractivity contribution is 0.601. The van der Waals surface area contributed by atoms with E-state index in [1.165, 1.54) is 6.26 Å². The summed E-state index contributed by atoms with van der Waals surface area (Å²) in [6, 6.07) is 9.33. The first kappa shape index (κ1) is 21.7. The second-order valence-corrected chi connectivity index (χ2v) is 8.82. The molecule has 0 aliphatic heterocycles. The minimum atomic E-state index is -3.21. The van der Waals surface area contributed by atoms with Crippen molar-refractivity contribution in [3.8, 4) is 0 Å². The fourth-order valence-corrected chi connectivity index (χ4v) is 3.70. The smallest absolute Gasteiger partial charge is 0.191 e. The molecule has 7 nitrogen and oxygen atoms in total. The van der Waals surface area contributed by atoms with Crippen LogP contribution in [0.3, 0.4) is 0 Å². The van der Waals surface area contributed by atoms with Gasteiger partial charge in [-0.2, -0.15) is 0 Å². The Morgan fingerprint density at radius 1 is 1.14 bits per heavy atom. The highest BCUT2D eigenvalue weighted by molar-refractivity contribution is 7.90. The van der Waals surface area contributed by atoms with Crippen LogP contribution in [0.25, 0.3) is 0 Å². The largest absolute Gasteiger partial charge is 0.363 e. The van der Waals surface area contributed by atoms with E-state index in [2.05, 4.69) is 20.6 Å². The van der Waals surface area contributed by atoms with Crippen LogP contribution in [0.5, 0.6) is 0 Å². The molecule has 28 heavy (non-hydrogen) atoms.